The Bertz CT molecular complexity index is 460. The van der Waals surface area contributed by atoms with E-state index in [4.69, 9.17) is 5.73 Å². The fourth-order valence-corrected chi connectivity index (χ4v) is 2.12. The van der Waals surface area contributed by atoms with Crippen LogP contribution in [0.1, 0.15) is 43.0 Å². The van der Waals surface area contributed by atoms with Gasteiger partial charge in [0.15, 0.2) is 5.78 Å². The Labute approximate surface area is 125 Å². The Morgan fingerprint density at radius 1 is 1.14 bits per heavy atom. The largest absolute Gasteiger partial charge is 0.369 e. The number of carbonyl (C=O) groups is 2. The van der Waals surface area contributed by atoms with E-state index in [1.54, 1.807) is 0 Å². The lowest BCUT2D eigenvalue weighted by atomic mass is 10.1. The highest BCUT2D eigenvalue weighted by molar-refractivity contribution is 5.95. The molecule has 0 spiro atoms. The van der Waals surface area contributed by atoms with Gasteiger partial charge in [-0.05, 0) is 50.2 Å². The molecule has 0 aromatic heterocycles. The molecule has 0 fully saturated rings. The average Bonchev–Trinajstić information content (AvgIpc) is 2.44. The van der Waals surface area contributed by atoms with Gasteiger partial charge in [0.05, 0.1) is 6.54 Å². The van der Waals surface area contributed by atoms with Crippen LogP contribution in [0.25, 0.3) is 0 Å². The number of rotatable bonds is 10. The molecule has 0 unspecified atom stereocenters. The SMILES string of the molecule is CCCCN(CCCC(=O)c1ccc(F)cc1)CC(N)=O. The van der Waals surface area contributed by atoms with Gasteiger partial charge in [-0.15, -0.1) is 0 Å². The molecule has 0 saturated carbocycles. The Morgan fingerprint density at radius 3 is 2.33 bits per heavy atom. The van der Waals surface area contributed by atoms with Gasteiger partial charge in [0.25, 0.3) is 0 Å². The second-order valence-corrected chi connectivity index (χ2v) is 5.13. The summed E-state index contributed by atoms with van der Waals surface area (Å²) >= 11 is 0. The zero-order valence-electron chi connectivity index (χ0n) is 12.5. The molecule has 5 heteroatoms. The molecule has 0 radical (unpaired) electrons. The van der Waals surface area contributed by atoms with Crippen LogP contribution < -0.4 is 5.73 Å². The maximum absolute atomic E-state index is 12.8. The van der Waals surface area contributed by atoms with Crippen LogP contribution >= 0.6 is 0 Å². The summed E-state index contributed by atoms with van der Waals surface area (Å²) in [5, 5.41) is 0. The van der Waals surface area contributed by atoms with Crippen molar-refractivity contribution in [1.82, 2.24) is 4.90 Å². The molecule has 0 aliphatic heterocycles. The third-order valence-corrected chi connectivity index (χ3v) is 3.25. The molecular formula is C16H23FN2O2. The van der Waals surface area contributed by atoms with E-state index in [2.05, 4.69) is 6.92 Å². The van der Waals surface area contributed by atoms with Crippen LogP contribution in [0.4, 0.5) is 4.39 Å². The topological polar surface area (TPSA) is 63.4 Å². The predicted octanol–water partition coefficient (Wildman–Crippen LogP) is 2.38. The van der Waals surface area contributed by atoms with Crippen LogP contribution in [-0.2, 0) is 4.79 Å². The predicted molar refractivity (Wildman–Crippen MR) is 80.5 cm³/mol. The van der Waals surface area contributed by atoms with E-state index in [1.165, 1.54) is 24.3 Å². The third-order valence-electron chi connectivity index (χ3n) is 3.25. The maximum Gasteiger partial charge on any atom is 0.231 e. The van der Waals surface area contributed by atoms with Crippen molar-refractivity contribution in [2.24, 2.45) is 5.73 Å². The molecule has 21 heavy (non-hydrogen) atoms. The number of primary amides is 1. The minimum atomic E-state index is -0.351. The Kier molecular flexibility index (Phi) is 7.61. The van der Waals surface area contributed by atoms with Crippen molar-refractivity contribution in [2.75, 3.05) is 19.6 Å². The molecule has 1 aromatic carbocycles. The zero-order valence-corrected chi connectivity index (χ0v) is 12.5. The van der Waals surface area contributed by atoms with Crippen LogP contribution in [-0.4, -0.2) is 36.2 Å². The Morgan fingerprint density at radius 2 is 1.76 bits per heavy atom. The normalized spacial score (nSPS) is 10.8. The second kappa shape index (κ2) is 9.23. The fourth-order valence-electron chi connectivity index (χ4n) is 2.12. The molecule has 1 amide bonds. The van der Waals surface area contributed by atoms with E-state index >= 15 is 0 Å². The lowest BCUT2D eigenvalue weighted by Crippen LogP contribution is -2.35. The third kappa shape index (κ3) is 6.99. The van der Waals surface area contributed by atoms with E-state index in [1.807, 2.05) is 4.90 Å². The number of hydrogen-bond acceptors (Lipinski definition) is 3. The van der Waals surface area contributed by atoms with E-state index in [0.717, 1.165) is 19.4 Å². The van der Waals surface area contributed by atoms with Gasteiger partial charge in [0, 0.05) is 12.0 Å². The number of unbranched alkanes of at least 4 members (excludes halogenated alkanes) is 1. The van der Waals surface area contributed by atoms with Crippen LogP contribution in [0, 0.1) is 5.82 Å². The smallest absolute Gasteiger partial charge is 0.231 e. The molecule has 0 aliphatic rings. The molecule has 0 aliphatic carbocycles. The molecule has 0 bridgehead atoms. The summed E-state index contributed by atoms with van der Waals surface area (Å²) in [6.45, 7) is 3.78. The quantitative estimate of drug-likeness (QED) is 0.674. The summed E-state index contributed by atoms with van der Waals surface area (Å²) in [7, 11) is 0. The minimum absolute atomic E-state index is 0.00971. The fraction of sp³-hybridized carbons (Fsp3) is 0.500. The first kappa shape index (κ1) is 17.3. The first-order valence-corrected chi connectivity index (χ1v) is 7.32. The van der Waals surface area contributed by atoms with Crippen molar-refractivity contribution < 1.29 is 14.0 Å². The number of ketones is 1. The van der Waals surface area contributed by atoms with Crippen molar-refractivity contribution in [1.29, 1.82) is 0 Å². The van der Waals surface area contributed by atoms with Gasteiger partial charge in [-0.1, -0.05) is 13.3 Å². The van der Waals surface area contributed by atoms with Gasteiger partial charge < -0.3 is 5.73 Å². The molecule has 116 valence electrons. The standard InChI is InChI=1S/C16H23FN2O2/c1-2-3-10-19(12-16(18)21)11-4-5-15(20)13-6-8-14(17)9-7-13/h6-9H,2-5,10-12H2,1H3,(H2,18,21). The first-order valence-electron chi connectivity index (χ1n) is 7.32. The molecule has 0 heterocycles. The second-order valence-electron chi connectivity index (χ2n) is 5.13. The molecule has 0 atom stereocenters. The van der Waals surface area contributed by atoms with Crippen molar-refractivity contribution in [3.8, 4) is 0 Å². The number of hydrogen-bond donors (Lipinski definition) is 1. The van der Waals surface area contributed by atoms with Crippen LogP contribution in [0.2, 0.25) is 0 Å². The van der Waals surface area contributed by atoms with Crippen molar-refractivity contribution in [2.45, 2.75) is 32.6 Å². The summed E-state index contributed by atoms with van der Waals surface area (Å²) in [4.78, 5) is 24.9. The summed E-state index contributed by atoms with van der Waals surface area (Å²) in [5.41, 5.74) is 5.74. The average molecular weight is 294 g/mol. The summed E-state index contributed by atoms with van der Waals surface area (Å²) in [6.07, 6.45) is 3.09. The summed E-state index contributed by atoms with van der Waals surface area (Å²) in [5.74, 6) is -0.709. The molecular weight excluding hydrogens is 271 g/mol. The van der Waals surface area contributed by atoms with E-state index < -0.39 is 0 Å². The maximum atomic E-state index is 12.8. The highest BCUT2D eigenvalue weighted by Gasteiger charge is 2.10. The van der Waals surface area contributed by atoms with E-state index in [9.17, 15) is 14.0 Å². The highest BCUT2D eigenvalue weighted by atomic mass is 19.1. The van der Waals surface area contributed by atoms with Crippen molar-refractivity contribution in [3.05, 3.63) is 35.6 Å². The van der Waals surface area contributed by atoms with Gasteiger partial charge in [0.2, 0.25) is 5.91 Å². The molecule has 0 saturated heterocycles. The number of amides is 1. The van der Waals surface area contributed by atoms with Gasteiger partial charge >= 0.3 is 0 Å². The molecule has 1 rings (SSSR count). The number of benzene rings is 1. The lowest BCUT2D eigenvalue weighted by Gasteiger charge is -2.20. The van der Waals surface area contributed by atoms with Gasteiger partial charge in [-0.3, -0.25) is 14.5 Å². The number of halogens is 1. The number of carbonyl (C=O) groups excluding carboxylic acids is 2. The number of Topliss-reactive ketones (excluding diaryl/α,β-unsaturated/α-hetero) is 1. The first-order chi connectivity index (χ1) is 10.0. The summed E-state index contributed by atoms with van der Waals surface area (Å²) in [6, 6.07) is 5.56. The van der Waals surface area contributed by atoms with E-state index in [-0.39, 0.29) is 24.1 Å². The monoisotopic (exact) mass is 294 g/mol. The van der Waals surface area contributed by atoms with Crippen molar-refractivity contribution >= 4 is 11.7 Å². The zero-order chi connectivity index (χ0) is 15.7. The van der Waals surface area contributed by atoms with Crippen LogP contribution in [0.15, 0.2) is 24.3 Å². The van der Waals surface area contributed by atoms with Crippen molar-refractivity contribution in [3.63, 3.8) is 0 Å². The van der Waals surface area contributed by atoms with Crippen LogP contribution in [0.5, 0.6) is 0 Å². The van der Waals surface area contributed by atoms with Crippen LogP contribution in [0.3, 0.4) is 0 Å². The number of nitrogens with zero attached hydrogens (tertiary/aromatic N) is 1. The Hall–Kier alpha value is -1.75. The van der Waals surface area contributed by atoms with Gasteiger partial charge in [-0.25, -0.2) is 4.39 Å². The van der Waals surface area contributed by atoms with Gasteiger partial charge in [0.1, 0.15) is 5.82 Å². The molecule has 4 nitrogen and oxygen atoms in total. The number of nitrogens with two attached hydrogens (primary N) is 1. The lowest BCUT2D eigenvalue weighted by molar-refractivity contribution is -0.119. The minimum Gasteiger partial charge on any atom is -0.369 e. The van der Waals surface area contributed by atoms with E-state index in [0.29, 0.717) is 24.9 Å². The molecule has 1 aromatic rings. The van der Waals surface area contributed by atoms with Gasteiger partial charge in [-0.2, -0.15) is 0 Å². The molecule has 2 N–H and O–H groups in total. The Balaban J connectivity index is 2.39. The summed E-state index contributed by atoms with van der Waals surface area (Å²) < 4.78 is 12.8. The highest BCUT2D eigenvalue weighted by Crippen LogP contribution is 2.08.